The van der Waals surface area contributed by atoms with E-state index in [-0.39, 0.29) is 11.6 Å². The zero-order valence-electron chi connectivity index (χ0n) is 10.6. The molecule has 1 atom stereocenters. The maximum absolute atomic E-state index is 11.7. The molecule has 1 N–H and O–H groups in total. The second-order valence-corrected chi connectivity index (χ2v) is 4.94. The van der Waals surface area contributed by atoms with Crippen LogP contribution < -0.4 is 5.32 Å². The zero-order chi connectivity index (χ0) is 12.2. The lowest BCUT2D eigenvalue weighted by Crippen LogP contribution is -2.45. The highest BCUT2D eigenvalue weighted by Crippen LogP contribution is 2.13. The molecule has 1 aliphatic rings. The molecule has 0 aromatic carbocycles. The van der Waals surface area contributed by atoms with E-state index in [2.05, 4.69) is 10.6 Å². The minimum absolute atomic E-state index is 0.0233. The van der Waals surface area contributed by atoms with Crippen molar-refractivity contribution in [1.82, 2.24) is 10.3 Å². The molecule has 0 aromatic heterocycles. The molecule has 1 heterocycles. The Hall–Kier alpha value is -1.04. The summed E-state index contributed by atoms with van der Waals surface area (Å²) in [7, 11) is 0. The van der Waals surface area contributed by atoms with Crippen molar-refractivity contribution >= 4 is 0 Å². The molecule has 1 fully saturated rings. The summed E-state index contributed by atoms with van der Waals surface area (Å²) in [6.07, 6.45) is 0.925. The van der Waals surface area contributed by atoms with E-state index in [4.69, 9.17) is 4.84 Å². The summed E-state index contributed by atoms with van der Waals surface area (Å²) in [6.45, 7) is 10.1. The fraction of sp³-hybridized carbons (Fsp3) is 1.00. The van der Waals surface area contributed by atoms with Crippen molar-refractivity contribution in [3.8, 4) is 0 Å². The first-order valence-electron chi connectivity index (χ1n) is 5.77. The Morgan fingerprint density at radius 1 is 1.56 bits per heavy atom. The predicted molar refractivity (Wildman–Crippen MR) is 60.5 cm³/mol. The first-order valence-corrected chi connectivity index (χ1v) is 5.77. The Morgan fingerprint density at radius 3 is 2.69 bits per heavy atom. The Bertz CT molecular complexity index is 244. The van der Waals surface area contributed by atoms with Crippen molar-refractivity contribution in [3.05, 3.63) is 5.21 Å². The van der Waals surface area contributed by atoms with Gasteiger partial charge < -0.3 is 15.4 Å². The summed E-state index contributed by atoms with van der Waals surface area (Å²) in [5, 5.41) is 20.1. The fourth-order valence-corrected chi connectivity index (χ4v) is 1.72. The standard InChI is InChI=1S/C10H22N4O2/c1-5-13(10(2,3)4)14(15)12-16-9-6-7-11-8-9/h9,11H,5-8H2,1-4H3/b14-12+. The molecule has 0 amide bonds. The minimum atomic E-state index is -0.253. The largest absolute Gasteiger partial charge is 0.569 e. The number of hydrogen-bond acceptors (Lipinski definition) is 4. The van der Waals surface area contributed by atoms with Crippen molar-refractivity contribution in [1.29, 1.82) is 0 Å². The third-order valence-corrected chi connectivity index (χ3v) is 2.56. The van der Waals surface area contributed by atoms with Gasteiger partial charge in [-0.3, -0.25) is 0 Å². The second kappa shape index (κ2) is 5.34. The summed E-state index contributed by atoms with van der Waals surface area (Å²) in [6, 6.07) is 0. The van der Waals surface area contributed by atoms with Gasteiger partial charge in [0.1, 0.15) is 6.10 Å². The molecule has 0 aromatic rings. The van der Waals surface area contributed by atoms with Gasteiger partial charge in [0.15, 0.2) is 0 Å². The van der Waals surface area contributed by atoms with E-state index in [1.165, 1.54) is 0 Å². The van der Waals surface area contributed by atoms with Crippen LogP contribution in [0.1, 0.15) is 34.1 Å². The first-order chi connectivity index (χ1) is 7.45. The van der Waals surface area contributed by atoms with Crippen LogP contribution in [0.2, 0.25) is 0 Å². The predicted octanol–water partition coefficient (Wildman–Crippen LogP) is 1.28. The van der Waals surface area contributed by atoms with Gasteiger partial charge in [-0.05, 0) is 34.2 Å². The van der Waals surface area contributed by atoms with Crippen molar-refractivity contribution < 1.29 is 9.81 Å². The van der Waals surface area contributed by atoms with Crippen LogP contribution in [0.15, 0.2) is 5.28 Å². The number of hydrogen-bond donors (Lipinski definition) is 1. The first kappa shape index (κ1) is 13.0. The average Bonchev–Trinajstić information content (AvgIpc) is 2.65. The molecule has 1 rings (SSSR count). The van der Waals surface area contributed by atoms with Crippen LogP contribution in [0.4, 0.5) is 0 Å². The Balaban J connectivity index is 2.52. The van der Waals surface area contributed by atoms with Crippen molar-refractivity contribution in [2.45, 2.75) is 45.8 Å². The summed E-state index contributed by atoms with van der Waals surface area (Å²) in [4.78, 5) is 5.73. The quantitative estimate of drug-likeness (QED) is 0.449. The van der Waals surface area contributed by atoms with Crippen LogP contribution >= 0.6 is 0 Å². The van der Waals surface area contributed by atoms with Gasteiger partial charge in [-0.2, -0.15) is 0 Å². The van der Waals surface area contributed by atoms with Gasteiger partial charge in [-0.15, -0.1) is 5.01 Å². The molecule has 1 aliphatic heterocycles. The molecule has 0 saturated carbocycles. The molecule has 16 heavy (non-hydrogen) atoms. The Kier molecular flexibility index (Phi) is 4.35. The zero-order valence-corrected chi connectivity index (χ0v) is 10.6. The molecule has 0 bridgehead atoms. The van der Waals surface area contributed by atoms with Gasteiger partial charge in [0.05, 0.1) is 17.1 Å². The normalized spacial score (nSPS) is 22.2. The second-order valence-electron chi connectivity index (χ2n) is 4.94. The molecule has 1 unspecified atom stereocenters. The lowest BCUT2D eigenvalue weighted by Gasteiger charge is -2.29. The van der Waals surface area contributed by atoms with Crippen LogP contribution in [-0.4, -0.2) is 41.3 Å². The fourth-order valence-electron chi connectivity index (χ4n) is 1.72. The number of rotatable bonds is 4. The van der Waals surface area contributed by atoms with E-state index in [9.17, 15) is 5.21 Å². The SMILES string of the molecule is CCN(/[N+]([O-])=N\OC1CCNC1)C(C)(C)C. The third kappa shape index (κ3) is 3.52. The third-order valence-electron chi connectivity index (χ3n) is 2.56. The molecule has 0 aliphatic carbocycles. The number of nitrogens with zero attached hydrogens (tertiary/aromatic N) is 3. The molecule has 0 spiro atoms. The van der Waals surface area contributed by atoms with E-state index < -0.39 is 0 Å². The van der Waals surface area contributed by atoms with Crippen LogP contribution in [0.25, 0.3) is 0 Å². The van der Waals surface area contributed by atoms with Crippen LogP contribution in [0.3, 0.4) is 0 Å². The minimum Gasteiger partial charge on any atom is -0.569 e. The number of hydrazine groups is 1. The van der Waals surface area contributed by atoms with Gasteiger partial charge in [-0.1, -0.05) is 0 Å². The molecule has 94 valence electrons. The van der Waals surface area contributed by atoms with Crippen LogP contribution in [0, 0.1) is 5.21 Å². The van der Waals surface area contributed by atoms with E-state index in [1.54, 1.807) is 5.01 Å². The van der Waals surface area contributed by atoms with Gasteiger partial charge in [0.25, 0.3) is 0 Å². The smallest absolute Gasteiger partial charge is 0.233 e. The van der Waals surface area contributed by atoms with E-state index in [1.807, 2.05) is 27.7 Å². The molecule has 6 heteroatoms. The van der Waals surface area contributed by atoms with Crippen molar-refractivity contribution in [2.75, 3.05) is 19.6 Å². The van der Waals surface area contributed by atoms with Gasteiger partial charge >= 0.3 is 0 Å². The molecular formula is C10H22N4O2. The lowest BCUT2D eigenvalue weighted by molar-refractivity contribution is -0.725. The summed E-state index contributed by atoms with van der Waals surface area (Å²) in [5.41, 5.74) is -0.253. The maximum Gasteiger partial charge on any atom is 0.233 e. The monoisotopic (exact) mass is 230 g/mol. The highest BCUT2D eigenvalue weighted by atomic mass is 16.7. The number of nitrogens with one attached hydrogen (secondary N) is 1. The molecule has 0 radical (unpaired) electrons. The molecular weight excluding hydrogens is 208 g/mol. The lowest BCUT2D eigenvalue weighted by atomic mass is 10.1. The highest BCUT2D eigenvalue weighted by molar-refractivity contribution is 4.70. The Labute approximate surface area is 96.8 Å². The summed E-state index contributed by atoms with van der Waals surface area (Å²) < 4.78 is 0. The van der Waals surface area contributed by atoms with Gasteiger partial charge in [0.2, 0.25) is 5.28 Å². The van der Waals surface area contributed by atoms with Gasteiger partial charge in [0, 0.05) is 13.0 Å². The summed E-state index contributed by atoms with van der Waals surface area (Å²) >= 11 is 0. The van der Waals surface area contributed by atoms with Gasteiger partial charge in [-0.25, -0.2) is 0 Å². The highest BCUT2D eigenvalue weighted by Gasteiger charge is 2.27. The van der Waals surface area contributed by atoms with Crippen LogP contribution in [0.5, 0.6) is 0 Å². The van der Waals surface area contributed by atoms with E-state index in [0.29, 0.717) is 11.5 Å². The van der Waals surface area contributed by atoms with E-state index >= 15 is 0 Å². The topological polar surface area (TPSA) is 62.9 Å². The van der Waals surface area contributed by atoms with Crippen LogP contribution in [-0.2, 0) is 4.84 Å². The summed E-state index contributed by atoms with van der Waals surface area (Å²) in [5.74, 6) is 0. The van der Waals surface area contributed by atoms with Crippen molar-refractivity contribution in [3.63, 3.8) is 0 Å². The van der Waals surface area contributed by atoms with E-state index in [0.717, 1.165) is 19.5 Å². The maximum atomic E-state index is 11.7. The van der Waals surface area contributed by atoms with Crippen molar-refractivity contribution in [2.24, 2.45) is 5.28 Å². The molecule has 1 saturated heterocycles. The Morgan fingerprint density at radius 2 is 2.25 bits per heavy atom. The average molecular weight is 230 g/mol. The molecule has 6 nitrogen and oxygen atoms in total.